The van der Waals surface area contributed by atoms with Crippen molar-refractivity contribution in [1.82, 2.24) is 0 Å². The normalized spacial score (nSPS) is 13.4. The highest BCUT2D eigenvalue weighted by Gasteiger charge is 2.24. The van der Waals surface area contributed by atoms with Gasteiger partial charge >= 0.3 is 5.97 Å². The molecule has 0 amide bonds. The maximum atomic E-state index is 12.1. The molecule has 0 radical (unpaired) electrons. The smallest absolute Gasteiger partial charge is 0.338 e. The topological polar surface area (TPSA) is 46.5 Å². The molecule has 1 N–H and O–H groups in total. The Balaban J connectivity index is 2.28. The van der Waals surface area contributed by atoms with Crippen LogP contribution in [0.15, 0.2) is 42.0 Å². The van der Waals surface area contributed by atoms with Gasteiger partial charge in [-0.05, 0) is 44.4 Å². The van der Waals surface area contributed by atoms with Crippen molar-refractivity contribution in [3.8, 4) is 11.5 Å². The molecule has 0 bridgehead atoms. The van der Waals surface area contributed by atoms with Crippen molar-refractivity contribution < 1.29 is 14.6 Å². The third kappa shape index (κ3) is 2.80. The van der Waals surface area contributed by atoms with E-state index < -0.39 is 5.97 Å². The fourth-order valence-corrected chi connectivity index (χ4v) is 3.21. The van der Waals surface area contributed by atoms with Crippen molar-refractivity contribution in [2.24, 2.45) is 0 Å². The molecule has 0 unspecified atom stereocenters. The Labute approximate surface area is 146 Å². The third-order valence-corrected chi connectivity index (χ3v) is 4.64. The predicted molar refractivity (Wildman–Crippen MR) is 96.9 cm³/mol. The molecule has 3 nitrogen and oxygen atoms in total. The molecule has 0 fully saturated rings. The highest BCUT2D eigenvalue weighted by atomic mass is 35.5. The van der Waals surface area contributed by atoms with E-state index in [-0.39, 0.29) is 5.75 Å². The van der Waals surface area contributed by atoms with E-state index in [1.165, 1.54) is 5.57 Å². The van der Waals surface area contributed by atoms with Crippen LogP contribution in [0.4, 0.5) is 0 Å². The average molecular weight is 343 g/mol. The summed E-state index contributed by atoms with van der Waals surface area (Å²) in [6.07, 6.45) is 4.33. The SMILES string of the molecule is C=C(C)C(=O)Oc1c2c(c(O)c3cc(Cl)ccc13)CC=C(CC)C2. The number of carbonyl (C=O) groups excluding carboxylic acids is 1. The van der Waals surface area contributed by atoms with Crippen LogP contribution in [0, 0.1) is 0 Å². The number of carbonyl (C=O) groups is 1. The molecular formula is C20H19ClO3. The lowest BCUT2D eigenvalue weighted by molar-refractivity contribution is -0.130. The first-order chi connectivity index (χ1) is 11.4. The lowest BCUT2D eigenvalue weighted by Gasteiger charge is -2.23. The molecule has 24 heavy (non-hydrogen) atoms. The summed E-state index contributed by atoms with van der Waals surface area (Å²) in [5.41, 5.74) is 3.27. The summed E-state index contributed by atoms with van der Waals surface area (Å²) in [4.78, 5) is 12.1. The minimum Gasteiger partial charge on any atom is -0.507 e. The Morgan fingerprint density at radius 3 is 2.75 bits per heavy atom. The van der Waals surface area contributed by atoms with E-state index in [4.69, 9.17) is 16.3 Å². The van der Waals surface area contributed by atoms with Gasteiger partial charge in [0.25, 0.3) is 0 Å². The second-order valence-corrected chi connectivity index (χ2v) is 6.53. The van der Waals surface area contributed by atoms with Gasteiger partial charge in [0.05, 0.1) is 0 Å². The van der Waals surface area contributed by atoms with E-state index in [2.05, 4.69) is 19.6 Å². The van der Waals surface area contributed by atoms with Crippen LogP contribution in [0.1, 0.15) is 31.4 Å². The average Bonchev–Trinajstić information content (AvgIpc) is 2.57. The van der Waals surface area contributed by atoms with Crippen molar-refractivity contribution in [2.75, 3.05) is 0 Å². The molecule has 0 spiro atoms. The Morgan fingerprint density at radius 2 is 2.08 bits per heavy atom. The second-order valence-electron chi connectivity index (χ2n) is 6.09. The molecule has 2 aromatic carbocycles. The number of benzene rings is 2. The molecule has 124 valence electrons. The highest BCUT2D eigenvalue weighted by Crippen LogP contribution is 2.44. The molecule has 1 aliphatic carbocycles. The number of hydrogen-bond acceptors (Lipinski definition) is 3. The first-order valence-electron chi connectivity index (χ1n) is 7.93. The maximum Gasteiger partial charge on any atom is 0.338 e. The van der Waals surface area contributed by atoms with Gasteiger partial charge in [-0.15, -0.1) is 0 Å². The van der Waals surface area contributed by atoms with E-state index in [1.54, 1.807) is 25.1 Å². The first-order valence-corrected chi connectivity index (χ1v) is 8.31. The van der Waals surface area contributed by atoms with Crippen LogP contribution in [-0.2, 0) is 17.6 Å². The van der Waals surface area contributed by atoms with E-state index >= 15 is 0 Å². The fourth-order valence-electron chi connectivity index (χ4n) is 3.03. The largest absolute Gasteiger partial charge is 0.507 e. The van der Waals surface area contributed by atoms with Gasteiger partial charge in [-0.1, -0.05) is 36.8 Å². The van der Waals surface area contributed by atoms with Gasteiger partial charge in [0.2, 0.25) is 0 Å². The lowest BCUT2D eigenvalue weighted by atomic mass is 9.86. The zero-order chi connectivity index (χ0) is 17.4. The zero-order valence-corrected chi connectivity index (χ0v) is 14.5. The summed E-state index contributed by atoms with van der Waals surface area (Å²) in [6, 6.07) is 5.21. The monoisotopic (exact) mass is 342 g/mol. The number of ether oxygens (including phenoxy) is 1. The summed E-state index contributed by atoms with van der Waals surface area (Å²) in [5, 5.41) is 12.5. The van der Waals surface area contributed by atoms with Gasteiger partial charge in [0.15, 0.2) is 0 Å². The van der Waals surface area contributed by atoms with Gasteiger partial charge in [-0.3, -0.25) is 0 Å². The van der Waals surface area contributed by atoms with Crippen LogP contribution in [-0.4, -0.2) is 11.1 Å². The molecule has 0 aromatic heterocycles. The third-order valence-electron chi connectivity index (χ3n) is 4.40. The lowest BCUT2D eigenvalue weighted by Crippen LogP contribution is -2.13. The number of fused-ring (bicyclic) bond motifs is 2. The van der Waals surface area contributed by atoms with Gasteiger partial charge in [0.1, 0.15) is 11.5 Å². The Kier molecular flexibility index (Phi) is 4.37. The number of esters is 1. The summed E-state index contributed by atoms with van der Waals surface area (Å²) < 4.78 is 5.66. The van der Waals surface area contributed by atoms with Gasteiger partial charge in [-0.2, -0.15) is 0 Å². The molecule has 0 saturated heterocycles. The molecule has 0 heterocycles. The van der Waals surface area contributed by atoms with Crippen LogP contribution in [0.3, 0.4) is 0 Å². The van der Waals surface area contributed by atoms with Crippen LogP contribution < -0.4 is 4.74 Å². The zero-order valence-electron chi connectivity index (χ0n) is 13.8. The predicted octanol–water partition coefficient (Wildman–Crippen LogP) is 5.12. The van der Waals surface area contributed by atoms with E-state index in [0.717, 1.165) is 17.5 Å². The molecule has 0 aliphatic heterocycles. The van der Waals surface area contributed by atoms with E-state index in [9.17, 15) is 9.90 Å². The minimum absolute atomic E-state index is 0.212. The van der Waals surface area contributed by atoms with Gasteiger partial charge in [0, 0.05) is 32.5 Å². The summed E-state index contributed by atoms with van der Waals surface area (Å²) in [7, 11) is 0. The van der Waals surface area contributed by atoms with Crippen LogP contribution >= 0.6 is 11.6 Å². The molecule has 3 rings (SSSR count). The highest BCUT2D eigenvalue weighted by molar-refractivity contribution is 6.31. The number of allylic oxidation sites excluding steroid dienone is 2. The quantitative estimate of drug-likeness (QED) is 0.364. The van der Waals surface area contributed by atoms with Crippen LogP contribution in [0.25, 0.3) is 10.8 Å². The van der Waals surface area contributed by atoms with Crippen molar-refractivity contribution >= 4 is 28.3 Å². The molecule has 0 saturated carbocycles. The molecule has 4 heteroatoms. The maximum absolute atomic E-state index is 12.1. The van der Waals surface area contributed by atoms with Crippen LogP contribution in [0.2, 0.25) is 5.02 Å². The van der Waals surface area contributed by atoms with Crippen LogP contribution in [0.5, 0.6) is 11.5 Å². The number of phenols is 1. The second kappa shape index (κ2) is 6.33. The number of phenolic OH excluding ortho intramolecular Hbond substituents is 1. The van der Waals surface area contributed by atoms with E-state index in [1.807, 2.05) is 0 Å². The standard InChI is InChI=1S/C20H19ClO3/c1-4-12-5-7-14-17(9-12)19(24-20(23)11(2)3)15-8-6-13(21)10-16(15)18(14)22/h5-6,8,10,22H,2,4,7,9H2,1,3H3. The molecular weight excluding hydrogens is 324 g/mol. The Morgan fingerprint density at radius 1 is 1.33 bits per heavy atom. The Bertz CT molecular complexity index is 894. The van der Waals surface area contributed by atoms with E-state index in [0.29, 0.717) is 40.0 Å². The number of halogens is 1. The van der Waals surface area contributed by atoms with Gasteiger partial charge in [-0.25, -0.2) is 4.79 Å². The fraction of sp³-hybridized carbons (Fsp3) is 0.250. The summed E-state index contributed by atoms with van der Waals surface area (Å²) >= 11 is 6.08. The summed E-state index contributed by atoms with van der Waals surface area (Å²) in [5.74, 6) is 0.247. The van der Waals surface area contributed by atoms with Crippen molar-refractivity contribution in [1.29, 1.82) is 0 Å². The molecule has 0 atom stereocenters. The van der Waals surface area contributed by atoms with Crippen molar-refractivity contribution in [3.63, 3.8) is 0 Å². The minimum atomic E-state index is -0.466. The Hall–Kier alpha value is -2.26. The number of aromatic hydroxyl groups is 1. The number of rotatable bonds is 3. The number of hydrogen-bond donors (Lipinski definition) is 1. The molecule has 2 aromatic rings. The summed E-state index contributed by atoms with van der Waals surface area (Å²) in [6.45, 7) is 7.36. The van der Waals surface area contributed by atoms with Crippen molar-refractivity contribution in [3.05, 3.63) is 58.1 Å². The first kappa shape index (κ1) is 16.6. The van der Waals surface area contributed by atoms with Crippen molar-refractivity contribution in [2.45, 2.75) is 33.1 Å². The molecule has 1 aliphatic rings. The van der Waals surface area contributed by atoms with Gasteiger partial charge < -0.3 is 9.84 Å².